The topological polar surface area (TPSA) is 62.5 Å². The van der Waals surface area contributed by atoms with E-state index in [2.05, 4.69) is 22.0 Å². The van der Waals surface area contributed by atoms with Crippen LogP contribution >= 0.6 is 0 Å². The zero-order chi connectivity index (χ0) is 14.7. The van der Waals surface area contributed by atoms with E-state index in [-0.39, 0.29) is 5.91 Å². The van der Waals surface area contributed by atoms with Gasteiger partial charge in [0.15, 0.2) is 0 Å². The molecule has 0 spiro atoms. The molecule has 0 unspecified atom stereocenters. The van der Waals surface area contributed by atoms with Gasteiger partial charge >= 0.3 is 0 Å². The van der Waals surface area contributed by atoms with Gasteiger partial charge in [-0.25, -0.2) is 4.98 Å². The number of hydrogen-bond acceptors (Lipinski definition) is 4. The molecular formula is C16H20N4O. The molecule has 0 radical (unpaired) electrons. The SMILES string of the molecule is NCCC(=O)N1CCN(c2nccc3ccccc23)CC1. The molecule has 1 aromatic heterocycles. The van der Waals surface area contributed by atoms with Crippen molar-refractivity contribution in [1.82, 2.24) is 9.88 Å². The molecule has 0 saturated carbocycles. The fraction of sp³-hybridized carbons (Fsp3) is 0.375. The van der Waals surface area contributed by atoms with Gasteiger partial charge in [-0.1, -0.05) is 24.3 Å². The van der Waals surface area contributed by atoms with Gasteiger partial charge < -0.3 is 15.5 Å². The molecule has 2 aromatic rings. The number of carbonyl (C=O) groups is 1. The van der Waals surface area contributed by atoms with Gasteiger partial charge in [0.1, 0.15) is 5.82 Å². The van der Waals surface area contributed by atoms with Crippen molar-refractivity contribution in [1.29, 1.82) is 0 Å². The molecule has 2 N–H and O–H groups in total. The lowest BCUT2D eigenvalue weighted by atomic mass is 10.1. The van der Waals surface area contributed by atoms with E-state index >= 15 is 0 Å². The number of benzene rings is 1. The second-order valence-corrected chi connectivity index (χ2v) is 5.26. The molecule has 110 valence electrons. The van der Waals surface area contributed by atoms with Crippen molar-refractivity contribution in [3.8, 4) is 0 Å². The van der Waals surface area contributed by atoms with E-state index in [1.165, 1.54) is 10.8 Å². The van der Waals surface area contributed by atoms with Crippen LogP contribution in [0.5, 0.6) is 0 Å². The van der Waals surface area contributed by atoms with Crippen LogP contribution in [0.2, 0.25) is 0 Å². The number of pyridine rings is 1. The van der Waals surface area contributed by atoms with E-state index in [9.17, 15) is 4.79 Å². The van der Waals surface area contributed by atoms with Crippen LogP contribution in [0, 0.1) is 0 Å². The van der Waals surface area contributed by atoms with Crippen LogP contribution in [-0.4, -0.2) is 48.5 Å². The van der Waals surface area contributed by atoms with Crippen molar-refractivity contribution < 1.29 is 4.79 Å². The number of rotatable bonds is 3. The first-order chi connectivity index (χ1) is 10.3. The highest BCUT2D eigenvalue weighted by Gasteiger charge is 2.22. The van der Waals surface area contributed by atoms with Gasteiger partial charge in [-0.3, -0.25) is 4.79 Å². The first-order valence-corrected chi connectivity index (χ1v) is 7.36. The number of hydrogen-bond donors (Lipinski definition) is 1. The average Bonchev–Trinajstić information content (AvgIpc) is 2.55. The third-order valence-electron chi connectivity index (χ3n) is 3.94. The smallest absolute Gasteiger partial charge is 0.223 e. The largest absolute Gasteiger partial charge is 0.353 e. The van der Waals surface area contributed by atoms with Crippen molar-refractivity contribution in [2.24, 2.45) is 5.73 Å². The highest BCUT2D eigenvalue weighted by atomic mass is 16.2. The third kappa shape index (κ3) is 2.83. The fourth-order valence-corrected chi connectivity index (χ4v) is 2.80. The maximum Gasteiger partial charge on any atom is 0.223 e. The van der Waals surface area contributed by atoms with Crippen molar-refractivity contribution in [2.45, 2.75) is 6.42 Å². The average molecular weight is 284 g/mol. The summed E-state index contributed by atoms with van der Waals surface area (Å²) in [7, 11) is 0. The Bertz CT molecular complexity index is 630. The predicted octanol–water partition coefficient (Wildman–Crippen LogP) is 1.23. The highest BCUT2D eigenvalue weighted by molar-refractivity contribution is 5.92. The Balaban J connectivity index is 1.76. The van der Waals surface area contributed by atoms with Crippen LogP contribution < -0.4 is 10.6 Å². The van der Waals surface area contributed by atoms with E-state index in [0.29, 0.717) is 13.0 Å². The Hall–Kier alpha value is -2.14. The summed E-state index contributed by atoms with van der Waals surface area (Å²) < 4.78 is 0. The number of anilines is 1. The minimum Gasteiger partial charge on any atom is -0.353 e. The van der Waals surface area contributed by atoms with Crippen molar-refractivity contribution in [3.63, 3.8) is 0 Å². The molecule has 1 aliphatic heterocycles. The van der Waals surface area contributed by atoms with Gasteiger partial charge in [-0.2, -0.15) is 0 Å². The molecule has 1 saturated heterocycles. The molecule has 21 heavy (non-hydrogen) atoms. The number of carbonyl (C=O) groups excluding carboxylic acids is 1. The van der Waals surface area contributed by atoms with E-state index in [4.69, 9.17) is 5.73 Å². The van der Waals surface area contributed by atoms with E-state index in [1.807, 2.05) is 29.3 Å². The first-order valence-electron chi connectivity index (χ1n) is 7.36. The third-order valence-corrected chi connectivity index (χ3v) is 3.94. The molecule has 3 rings (SSSR count). The molecular weight excluding hydrogens is 264 g/mol. The monoisotopic (exact) mass is 284 g/mol. The second-order valence-electron chi connectivity index (χ2n) is 5.26. The van der Waals surface area contributed by atoms with Gasteiger partial charge in [0.2, 0.25) is 5.91 Å². The summed E-state index contributed by atoms with van der Waals surface area (Å²) in [6.45, 7) is 3.53. The number of nitrogens with two attached hydrogens (primary N) is 1. The fourth-order valence-electron chi connectivity index (χ4n) is 2.80. The van der Waals surface area contributed by atoms with Crippen molar-refractivity contribution in [2.75, 3.05) is 37.6 Å². The number of aromatic nitrogens is 1. The van der Waals surface area contributed by atoms with Crippen LogP contribution in [0.1, 0.15) is 6.42 Å². The van der Waals surface area contributed by atoms with Gasteiger partial charge in [-0.15, -0.1) is 0 Å². The van der Waals surface area contributed by atoms with Gasteiger partial charge in [0.05, 0.1) is 0 Å². The Kier molecular flexibility index (Phi) is 4.01. The number of nitrogens with zero attached hydrogens (tertiary/aromatic N) is 3. The molecule has 2 heterocycles. The molecule has 0 bridgehead atoms. The maximum atomic E-state index is 11.9. The molecule has 1 fully saturated rings. The summed E-state index contributed by atoms with van der Waals surface area (Å²) in [6.07, 6.45) is 2.29. The van der Waals surface area contributed by atoms with Crippen LogP contribution in [0.3, 0.4) is 0 Å². The lowest BCUT2D eigenvalue weighted by molar-refractivity contribution is -0.131. The summed E-state index contributed by atoms with van der Waals surface area (Å²) in [5, 5.41) is 2.37. The Morgan fingerprint density at radius 2 is 1.90 bits per heavy atom. The van der Waals surface area contributed by atoms with Crippen molar-refractivity contribution >= 4 is 22.5 Å². The highest BCUT2D eigenvalue weighted by Crippen LogP contribution is 2.24. The molecule has 1 aliphatic rings. The Labute approximate surface area is 124 Å². The van der Waals surface area contributed by atoms with E-state index in [0.717, 1.165) is 32.0 Å². The number of fused-ring (bicyclic) bond motifs is 1. The van der Waals surface area contributed by atoms with Crippen LogP contribution in [0.25, 0.3) is 10.8 Å². The lowest BCUT2D eigenvalue weighted by Gasteiger charge is -2.35. The van der Waals surface area contributed by atoms with Crippen LogP contribution in [-0.2, 0) is 4.79 Å². The number of amides is 1. The second kappa shape index (κ2) is 6.10. The molecule has 1 aromatic carbocycles. The molecule has 5 nitrogen and oxygen atoms in total. The molecule has 1 amide bonds. The van der Waals surface area contributed by atoms with Gasteiger partial charge in [-0.05, 0) is 11.5 Å². The van der Waals surface area contributed by atoms with Crippen molar-refractivity contribution in [3.05, 3.63) is 36.5 Å². The summed E-state index contributed by atoms with van der Waals surface area (Å²) in [5.74, 6) is 1.17. The van der Waals surface area contributed by atoms with Crippen LogP contribution in [0.15, 0.2) is 36.5 Å². The molecule has 0 aliphatic carbocycles. The molecule has 5 heteroatoms. The number of piperazine rings is 1. The standard InChI is InChI=1S/C16H20N4O/c17-7-5-15(21)19-9-11-20(12-10-19)16-14-4-2-1-3-13(14)6-8-18-16/h1-4,6,8H,5,7,9-12,17H2. The quantitative estimate of drug-likeness (QED) is 0.921. The predicted molar refractivity (Wildman–Crippen MR) is 84.2 cm³/mol. The zero-order valence-electron chi connectivity index (χ0n) is 12.0. The Morgan fingerprint density at radius 3 is 2.67 bits per heavy atom. The minimum atomic E-state index is 0.156. The van der Waals surface area contributed by atoms with E-state index < -0.39 is 0 Å². The van der Waals surface area contributed by atoms with Crippen LogP contribution in [0.4, 0.5) is 5.82 Å². The lowest BCUT2D eigenvalue weighted by Crippen LogP contribution is -2.49. The minimum absolute atomic E-state index is 0.156. The summed E-state index contributed by atoms with van der Waals surface area (Å²) >= 11 is 0. The maximum absolute atomic E-state index is 11.9. The van der Waals surface area contributed by atoms with Gasteiger partial charge in [0.25, 0.3) is 0 Å². The first kappa shape index (κ1) is 13.8. The zero-order valence-corrected chi connectivity index (χ0v) is 12.0. The molecule has 0 atom stereocenters. The normalized spacial score (nSPS) is 15.5. The Morgan fingerprint density at radius 1 is 1.14 bits per heavy atom. The summed E-state index contributed by atoms with van der Waals surface area (Å²) in [4.78, 5) is 20.6. The van der Waals surface area contributed by atoms with Gasteiger partial charge in [0, 0.05) is 50.7 Å². The summed E-state index contributed by atoms with van der Waals surface area (Å²) in [6, 6.07) is 10.3. The van der Waals surface area contributed by atoms with E-state index in [1.54, 1.807) is 0 Å². The summed E-state index contributed by atoms with van der Waals surface area (Å²) in [5.41, 5.74) is 5.45.